The molecule has 5 aromatic rings. The molecule has 0 aliphatic carbocycles. The highest BCUT2D eigenvalue weighted by Crippen LogP contribution is 2.33. The van der Waals surface area contributed by atoms with Gasteiger partial charge in [0.05, 0.1) is 28.5 Å². The van der Waals surface area contributed by atoms with Crippen LogP contribution in [0.25, 0.3) is 33.6 Å². The summed E-state index contributed by atoms with van der Waals surface area (Å²) in [6.07, 6.45) is 1.82. The lowest BCUT2D eigenvalue weighted by atomic mass is 10.0. The minimum Gasteiger partial charge on any atom is -0.335 e. The second-order valence-corrected chi connectivity index (χ2v) is 9.10. The number of aromatic nitrogens is 5. The van der Waals surface area contributed by atoms with Crippen molar-refractivity contribution >= 4 is 34.0 Å². The van der Waals surface area contributed by atoms with E-state index in [4.69, 9.17) is 4.52 Å². The molecule has 160 valence electrons. The Hall–Kier alpha value is -3.85. The van der Waals surface area contributed by atoms with Crippen LogP contribution < -0.4 is 5.32 Å². The van der Waals surface area contributed by atoms with Gasteiger partial charge >= 0.3 is 0 Å². The number of amides is 1. The van der Waals surface area contributed by atoms with Gasteiger partial charge in [-0.3, -0.25) is 9.48 Å². The van der Waals surface area contributed by atoms with Gasteiger partial charge in [-0.1, -0.05) is 22.5 Å². The number of hydrogen-bond donors (Lipinski definition) is 1. The number of hydrogen-bond acceptors (Lipinski definition) is 7. The number of nitrogens with zero attached hydrogens (tertiary/aromatic N) is 5. The molecule has 5 rings (SSSR count). The Morgan fingerprint density at radius 3 is 2.69 bits per heavy atom. The first-order valence-electron chi connectivity index (χ1n) is 10.0. The van der Waals surface area contributed by atoms with Crippen molar-refractivity contribution < 1.29 is 9.32 Å². The van der Waals surface area contributed by atoms with Crippen molar-refractivity contribution in [1.29, 1.82) is 0 Å². The first-order valence-corrected chi connectivity index (χ1v) is 10.8. The van der Waals surface area contributed by atoms with Gasteiger partial charge in [-0.15, -0.1) is 16.4 Å². The highest BCUT2D eigenvalue weighted by molar-refractivity contribution is 7.12. The van der Waals surface area contributed by atoms with Crippen LogP contribution in [-0.4, -0.2) is 31.0 Å². The second kappa shape index (κ2) is 7.69. The van der Waals surface area contributed by atoms with Gasteiger partial charge in [-0.25, -0.2) is 4.98 Å². The molecule has 0 bridgehead atoms. The zero-order chi connectivity index (χ0) is 22.4. The largest absolute Gasteiger partial charge is 0.335 e. The van der Waals surface area contributed by atoms with E-state index in [0.29, 0.717) is 33.7 Å². The zero-order valence-electron chi connectivity index (χ0n) is 18.0. The monoisotopic (exact) mass is 444 g/mol. The minimum absolute atomic E-state index is 0.258. The van der Waals surface area contributed by atoms with Crippen molar-refractivity contribution in [1.82, 2.24) is 25.1 Å². The van der Waals surface area contributed by atoms with Gasteiger partial charge in [0, 0.05) is 33.6 Å². The molecule has 32 heavy (non-hydrogen) atoms. The van der Waals surface area contributed by atoms with E-state index in [2.05, 4.69) is 38.8 Å². The van der Waals surface area contributed by atoms with E-state index < -0.39 is 0 Å². The molecule has 1 aromatic carbocycles. The van der Waals surface area contributed by atoms with Crippen LogP contribution in [0.15, 0.2) is 47.1 Å². The van der Waals surface area contributed by atoms with Gasteiger partial charge in [0.2, 0.25) is 0 Å². The fraction of sp³-hybridized carbons (Fsp3) is 0.174. The highest BCUT2D eigenvalue weighted by Gasteiger charge is 2.21. The molecule has 0 fully saturated rings. The van der Waals surface area contributed by atoms with Crippen LogP contribution in [0.5, 0.6) is 0 Å². The lowest BCUT2D eigenvalue weighted by molar-refractivity contribution is 0.102. The third-order valence-electron chi connectivity index (χ3n) is 5.20. The second-order valence-electron chi connectivity index (χ2n) is 7.64. The summed E-state index contributed by atoms with van der Waals surface area (Å²) in [5, 5.41) is 15.7. The molecule has 9 heteroatoms. The molecule has 8 nitrogen and oxygen atoms in total. The number of fused-ring (bicyclic) bond motifs is 1. The SMILES string of the molecule is Cc1cc(-c2cc(C(=O)Nc3cccc(-c4cn(C)nn4)c3)c3c(C)noc3n2)c(C)s1. The number of anilines is 1. The van der Waals surface area contributed by atoms with Crippen LogP contribution in [0.3, 0.4) is 0 Å². The van der Waals surface area contributed by atoms with E-state index >= 15 is 0 Å². The summed E-state index contributed by atoms with van der Waals surface area (Å²) < 4.78 is 7.06. The number of nitrogens with one attached hydrogen (secondary N) is 1. The van der Waals surface area contributed by atoms with E-state index in [-0.39, 0.29) is 5.91 Å². The van der Waals surface area contributed by atoms with Crippen LogP contribution in [0.2, 0.25) is 0 Å². The third-order valence-corrected chi connectivity index (χ3v) is 6.16. The molecule has 0 radical (unpaired) electrons. The first-order chi connectivity index (χ1) is 15.4. The van der Waals surface area contributed by atoms with Crippen LogP contribution >= 0.6 is 11.3 Å². The quantitative estimate of drug-likeness (QED) is 0.422. The van der Waals surface area contributed by atoms with Crippen LogP contribution in [0.1, 0.15) is 25.8 Å². The number of benzene rings is 1. The molecule has 4 aromatic heterocycles. The topological polar surface area (TPSA) is 98.7 Å². The van der Waals surface area contributed by atoms with E-state index in [1.165, 1.54) is 4.88 Å². The summed E-state index contributed by atoms with van der Waals surface area (Å²) in [7, 11) is 1.81. The maximum atomic E-state index is 13.4. The molecule has 0 atom stereocenters. The van der Waals surface area contributed by atoms with Crippen molar-refractivity contribution in [3.63, 3.8) is 0 Å². The molecule has 0 spiro atoms. The van der Waals surface area contributed by atoms with Gasteiger partial charge in [-0.05, 0) is 45.0 Å². The molecule has 0 saturated heterocycles. The summed E-state index contributed by atoms with van der Waals surface area (Å²) >= 11 is 1.69. The fourth-order valence-corrected chi connectivity index (χ4v) is 4.66. The highest BCUT2D eigenvalue weighted by atomic mass is 32.1. The number of carbonyl (C=O) groups excluding carboxylic acids is 1. The van der Waals surface area contributed by atoms with E-state index in [0.717, 1.165) is 21.7 Å². The standard InChI is InChI=1S/C23H20N6O2S/c1-12-8-17(14(3)32-12)19-10-18(21-13(2)27-31-23(21)25-19)22(30)24-16-7-5-6-15(9-16)20-11-29(4)28-26-20/h5-11H,1-4H3,(H,24,30). The van der Waals surface area contributed by atoms with Gasteiger partial charge in [0.25, 0.3) is 11.6 Å². The van der Waals surface area contributed by atoms with Crippen LogP contribution in [-0.2, 0) is 7.05 Å². The lowest BCUT2D eigenvalue weighted by Crippen LogP contribution is -2.13. The summed E-state index contributed by atoms with van der Waals surface area (Å²) in [5.74, 6) is -0.258. The number of thiophene rings is 1. The Labute approximate surface area is 187 Å². The average molecular weight is 445 g/mol. The smallest absolute Gasteiger partial charge is 0.259 e. The van der Waals surface area contributed by atoms with E-state index in [9.17, 15) is 4.79 Å². The lowest BCUT2D eigenvalue weighted by Gasteiger charge is -2.09. The Bertz CT molecular complexity index is 1480. The molecule has 0 aliphatic rings. The Balaban J connectivity index is 1.55. The molecule has 1 amide bonds. The Morgan fingerprint density at radius 1 is 1.12 bits per heavy atom. The Kier molecular flexibility index (Phi) is 4.82. The molecular weight excluding hydrogens is 424 g/mol. The molecule has 0 unspecified atom stereocenters. The van der Waals surface area contributed by atoms with Crippen molar-refractivity contribution in [3.05, 3.63) is 63.6 Å². The molecule has 1 N–H and O–H groups in total. The molecular formula is C23H20N6O2S. The van der Waals surface area contributed by atoms with Gasteiger partial charge in [-0.2, -0.15) is 0 Å². The first kappa shape index (κ1) is 20.1. The van der Waals surface area contributed by atoms with Crippen molar-refractivity contribution in [2.75, 3.05) is 5.32 Å². The number of pyridine rings is 1. The Morgan fingerprint density at radius 2 is 1.97 bits per heavy atom. The summed E-state index contributed by atoms with van der Waals surface area (Å²) in [6, 6.07) is 11.4. The number of rotatable bonds is 4. The summed E-state index contributed by atoms with van der Waals surface area (Å²) in [4.78, 5) is 20.3. The number of carbonyl (C=O) groups is 1. The normalized spacial score (nSPS) is 11.2. The summed E-state index contributed by atoms with van der Waals surface area (Å²) in [5.41, 5.74) is 5.36. The summed E-state index contributed by atoms with van der Waals surface area (Å²) in [6.45, 7) is 5.90. The van der Waals surface area contributed by atoms with Gasteiger partial charge < -0.3 is 9.84 Å². The van der Waals surface area contributed by atoms with Gasteiger partial charge in [0.1, 0.15) is 5.69 Å². The minimum atomic E-state index is -0.258. The third kappa shape index (κ3) is 3.56. The van der Waals surface area contributed by atoms with Crippen molar-refractivity contribution in [2.45, 2.75) is 20.8 Å². The van der Waals surface area contributed by atoms with Crippen molar-refractivity contribution in [3.8, 4) is 22.5 Å². The number of aryl methyl sites for hydroxylation is 4. The predicted molar refractivity (Wildman–Crippen MR) is 124 cm³/mol. The average Bonchev–Trinajstić information content (AvgIpc) is 3.46. The molecule has 0 aliphatic heterocycles. The van der Waals surface area contributed by atoms with Gasteiger partial charge in [0.15, 0.2) is 0 Å². The van der Waals surface area contributed by atoms with Crippen LogP contribution in [0.4, 0.5) is 5.69 Å². The predicted octanol–water partition coefficient (Wildman–Crippen LogP) is 4.92. The zero-order valence-corrected chi connectivity index (χ0v) is 18.8. The fourth-order valence-electron chi connectivity index (χ4n) is 3.73. The molecule has 4 heterocycles. The van der Waals surface area contributed by atoms with Crippen LogP contribution in [0, 0.1) is 20.8 Å². The molecule has 0 saturated carbocycles. The maximum Gasteiger partial charge on any atom is 0.259 e. The maximum absolute atomic E-state index is 13.4. The van der Waals surface area contributed by atoms with E-state index in [1.54, 1.807) is 22.9 Å². The van der Waals surface area contributed by atoms with Crippen molar-refractivity contribution in [2.24, 2.45) is 7.05 Å². The van der Waals surface area contributed by atoms with E-state index in [1.807, 2.05) is 50.5 Å².